The SMILES string of the molecule is CC(=O)OC1CCC2(C)C3=C(CCC2C1(C)C)[C@]1(C)CCC(C(C)CCC(O)C(C)(C)O)C1(C)CC3. The molecule has 0 aromatic rings. The van der Waals surface area contributed by atoms with E-state index in [1.54, 1.807) is 31.9 Å². The number of hydrogen-bond acceptors (Lipinski definition) is 4. The number of aliphatic hydroxyl groups is 2. The van der Waals surface area contributed by atoms with Crippen LogP contribution in [-0.2, 0) is 9.53 Å². The van der Waals surface area contributed by atoms with Gasteiger partial charge in [-0.1, -0.05) is 52.7 Å². The normalized spacial score (nSPS) is 41.7. The van der Waals surface area contributed by atoms with Gasteiger partial charge in [-0.2, -0.15) is 0 Å². The molecular weight excluding hydrogens is 448 g/mol. The van der Waals surface area contributed by atoms with E-state index in [1.807, 2.05) is 0 Å². The quantitative estimate of drug-likeness (QED) is 0.297. The van der Waals surface area contributed by atoms with Crippen molar-refractivity contribution in [3.8, 4) is 0 Å². The number of hydrogen-bond donors (Lipinski definition) is 2. The summed E-state index contributed by atoms with van der Waals surface area (Å²) < 4.78 is 5.85. The number of allylic oxidation sites excluding steroid dienone is 2. The topological polar surface area (TPSA) is 66.8 Å². The summed E-state index contributed by atoms with van der Waals surface area (Å²) >= 11 is 0. The van der Waals surface area contributed by atoms with Crippen molar-refractivity contribution < 1.29 is 19.7 Å². The van der Waals surface area contributed by atoms with E-state index in [-0.39, 0.29) is 28.3 Å². The zero-order valence-electron chi connectivity index (χ0n) is 24.7. The number of carbonyl (C=O) groups excluding carboxylic acids is 1. The van der Waals surface area contributed by atoms with E-state index >= 15 is 0 Å². The van der Waals surface area contributed by atoms with Crippen molar-refractivity contribution in [2.24, 2.45) is 39.4 Å². The van der Waals surface area contributed by atoms with Gasteiger partial charge < -0.3 is 14.9 Å². The van der Waals surface area contributed by atoms with Gasteiger partial charge in [-0.05, 0) is 112 Å². The maximum absolute atomic E-state index is 11.8. The molecule has 0 radical (unpaired) electrons. The van der Waals surface area contributed by atoms with Crippen molar-refractivity contribution in [3.63, 3.8) is 0 Å². The second kappa shape index (κ2) is 9.11. The molecule has 4 heteroatoms. The first-order chi connectivity index (χ1) is 16.5. The Morgan fingerprint density at radius 1 is 1.00 bits per heavy atom. The number of aliphatic hydroxyl groups excluding tert-OH is 1. The van der Waals surface area contributed by atoms with Crippen molar-refractivity contribution in [1.29, 1.82) is 0 Å². The standard InChI is InChI=1S/C32H54O4/c1-20(10-13-26(34)29(5,6)35)22-14-18-32(9)24-11-12-25-28(3,4)27(36-21(2)33)16-17-30(25,7)23(24)15-19-31(22,32)8/h20,22,25-27,34-35H,10-19H2,1-9H3/t20?,22?,25?,26?,27?,30?,31?,32-/m0/s1. The zero-order chi connectivity index (χ0) is 26.9. The fraction of sp³-hybridized carbons (Fsp3) is 0.906. The summed E-state index contributed by atoms with van der Waals surface area (Å²) in [7, 11) is 0. The first-order valence-corrected chi connectivity index (χ1v) is 14.8. The summed E-state index contributed by atoms with van der Waals surface area (Å²) in [5.41, 5.74) is 3.25. The lowest BCUT2D eigenvalue weighted by molar-refractivity contribution is -0.167. The minimum Gasteiger partial charge on any atom is -0.462 e. The van der Waals surface area contributed by atoms with E-state index in [9.17, 15) is 15.0 Å². The van der Waals surface area contributed by atoms with Gasteiger partial charge >= 0.3 is 5.97 Å². The molecule has 0 bridgehead atoms. The van der Waals surface area contributed by atoms with Crippen LogP contribution in [0.2, 0.25) is 0 Å². The zero-order valence-corrected chi connectivity index (χ0v) is 24.7. The number of fused-ring (bicyclic) bond motifs is 4. The highest BCUT2D eigenvalue weighted by atomic mass is 16.5. The molecule has 8 atom stereocenters. The lowest BCUT2D eigenvalue weighted by Gasteiger charge is -2.62. The number of carbonyl (C=O) groups is 1. The van der Waals surface area contributed by atoms with Crippen LogP contribution in [0.15, 0.2) is 11.1 Å². The predicted molar refractivity (Wildman–Crippen MR) is 145 cm³/mol. The number of rotatable bonds is 6. The molecule has 0 aromatic heterocycles. The average molecular weight is 503 g/mol. The molecule has 4 nitrogen and oxygen atoms in total. The lowest BCUT2D eigenvalue weighted by Crippen LogP contribution is -2.55. The van der Waals surface area contributed by atoms with Crippen molar-refractivity contribution >= 4 is 5.97 Å². The maximum atomic E-state index is 11.8. The molecule has 2 saturated carbocycles. The van der Waals surface area contributed by atoms with Gasteiger partial charge in [-0.3, -0.25) is 4.79 Å². The second-order valence-corrected chi connectivity index (χ2v) is 15.0. The van der Waals surface area contributed by atoms with E-state index in [4.69, 9.17) is 4.74 Å². The Morgan fingerprint density at radius 2 is 1.67 bits per heavy atom. The third kappa shape index (κ3) is 4.21. The largest absolute Gasteiger partial charge is 0.462 e. The minimum absolute atomic E-state index is 0.00704. The molecular formula is C32H54O4. The molecule has 0 amide bonds. The summed E-state index contributed by atoms with van der Waals surface area (Å²) in [5.74, 6) is 1.61. The van der Waals surface area contributed by atoms with Crippen LogP contribution in [0, 0.1) is 39.4 Å². The molecule has 4 aliphatic carbocycles. The van der Waals surface area contributed by atoms with Crippen molar-refractivity contribution in [3.05, 3.63) is 11.1 Å². The van der Waals surface area contributed by atoms with Crippen LogP contribution in [-0.4, -0.2) is 34.0 Å². The van der Waals surface area contributed by atoms with Gasteiger partial charge in [-0.25, -0.2) is 0 Å². The van der Waals surface area contributed by atoms with Gasteiger partial charge in [-0.15, -0.1) is 0 Å². The third-order valence-electron chi connectivity index (χ3n) is 12.5. The Morgan fingerprint density at radius 3 is 2.28 bits per heavy atom. The summed E-state index contributed by atoms with van der Waals surface area (Å²) in [5, 5.41) is 20.6. The van der Waals surface area contributed by atoms with E-state index in [2.05, 4.69) is 41.5 Å². The summed E-state index contributed by atoms with van der Waals surface area (Å²) in [6, 6.07) is 0. The second-order valence-electron chi connectivity index (χ2n) is 15.0. The lowest BCUT2D eigenvalue weighted by atomic mass is 9.43. The Balaban J connectivity index is 1.59. The average Bonchev–Trinajstić information content (AvgIpc) is 3.04. The van der Waals surface area contributed by atoms with Crippen LogP contribution in [0.1, 0.15) is 127 Å². The Hall–Kier alpha value is -0.870. The van der Waals surface area contributed by atoms with Crippen molar-refractivity contribution in [2.45, 2.75) is 144 Å². The van der Waals surface area contributed by atoms with Crippen LogP contribution in [0.4, 0.5) is 0 Å². The molecule has 4 aliphatic rings. The van der Waals surface area contributed by atoms with Gasteiger partial charge in [0.15, 0.2) is 0 Å². The highest BCUT2D eigenvalue weighted by molar-refractivity contribution is 5.66. The molecule has 0 spiro atoms. The third-order valence-corrected chi connectivity index (χ3v) is 12.5. The minimum atomic E-state index is -1.03. The Labute approximate surface area is 220 Å². The van der Waals surface area contributed by atoms with Crippen molar-refractivity contribution in [1.82, 2.24) is 0 Å². The van der Waals surface area contributed by atoms with Gasteiger partial charge in [0, 0.05) is 12.3 Å². The molecule has 2 N–H and O–H groups in total. The Kier molecular flexibility index (Phi) is 7.12. The maximum Gasteiger partial charge on any atom is 0.302 e. The molecule has 0 heterocycles. The first kappa shape index (κ1) is 28.1. The predicted octanol–water partition coefficient (Wildman–Crippen LogP) is 7.22. The molecule has 36 heavy (non-hydrogen) atoms. The van der Waals surface area contributed by atoms with Crippen LogP contribution >= 0.6 is 0 Å². The summed E-state index contributed by atoms with van der Waals surface area (Å²) in [6.07, 6.45) is 10.5. The first-order valence-electron chi connectivity index (χ1n) is 14.8. The molecule has 2 fully saturated rings. The molecule has 206 valence electrons. The molecule has 4 rings (SSSR count). The summed E-state index contributed by atoms with van der Waals surface area (Å²) in [6.45, 7) is 19.8. The van der Waals surface area contributed by atoms with Gasteiger partial charge in [0.25, 0.3) is 0 Å². The van der Waals surface area contributed by atoms with E-state index < -0.39 is 11.7 Å². The van der Waals surface area contributed by atoms with Crippen LogP contribution < -0.4 is 0 Å². The van der Waals surface area contributed by atoms with Crippen LogP contribution in [0.3, 0.4) is 0 Å². The Bertz CT molecular complexity index is 896. The fourth-order valence-corrected chi connectivity index (χ4v) is 10.0. The van der Waals surface area contributed by atoms with E-state index in [0.29, 0.717) is 29.6 Å². The van der Waals surface area contributed by atoms with Crippen LogP contribution in [0.5, 0.6) is 0 Å². The van der Waals surface area contributed by atoms with Crippen LogP contribution in [0.25, 0.3) is 0 Å². The van der Waals surface area contributed by atoms with E-state index in [0.717, 1.165) is 19.3 Å². The van der Waals surface area contributed by atoms with Gasteiger partial charge in [0.1, 0.15) is 6.10 Å². The molecule has 7 unspecified atom stereocenters. The highest BCUT2D eigenvalue weighted by Crippen LogP contribution is 2.72. The molecule has 0 aliphatic heterocycles. The fourth-order valence-electron chi connectivity index (χ4n) is 10.0. The number of ether oxygens (including phenoxy) is 1. The van der Waals surface area contributed by atoms with Gasteiger partial charge in [0.2, 0.25) is 0 Å². The summed E-state index contributed by atoms with van der Waals surface area (Å²) in [4.78, 5) is 11.8. The number of esters is 1. The smallest absolute Gasteiger partial charge is 0.302 e. The monoisotopic (exact) mass is 502 g/mol. The van der Waals surface area contributed by atoms with Crippen molar-refractivity contribution in [2.75, 3.05) is 0 Å². The van der Waals surface area contributed by atoms with E-state index in [1.165, 1.54) is 38.5 Å². The highest BCUT2D eigenvalue weighted by Gasteiger charge is 2.63. The van der Waals surface area contributed by atoms with Gasteiger partial charge in [0.05, 0.1) is 11.7 Å². The molecule has 0 saturated heterocycles. The molecule has 0 aromatic carbocycles.